The zero-order valence-corrected chi connectivity index (χ0v) is 20.8. The van der Waals surface area contributed by atoms with Crippen LogP contribution in [0.15, 0.2) is 72.8 Å². The third kappa shape index (κ3) is 7.60. The third-order valence-electron chi connectivity index (χ3n) is 5.52. The zero-order chi connectivity index (χ0) is 26.5. The second-order valence-electron chi connectivity index (χ2n) is 7.89. The van der Waals surface area contributed by atoms with Gasteiger partial charge in [0.25, 0.3) is 0 Å². The fraction of sp³-hybridized carbons (Fsp3) is 0.333. The predicted molar refractivity (Wildman–Crippen MR) is 135 cm³/mol. The minimum atomic E-state index is -0.965. The molecule has 9 nitrogen and oxygen atoms in total. The van der Waals surface area contributed by atoms with Crippen LogP contribution in [0.25, 0.3) is 4.98 Å². The first-order valence-corrected chi connectivity index (χ1v) is 11.5. The van der Waals surface area contributed by atoms with Gasteiger partial charge in [0, 0.05) is 6.42 Å². The number of rotatable bonds is 13. The molecule has 0 saturated heterocycles. The number of allylic oxidation sites excluding steroid dienone is 1. The van der Waals surface area contributed by atoms with Crippen molar-refractivity contribution in [2.75, 3.05) is 20.8 Å². The number of carbonyl (C=O) groups is 2. The van der Waals surface area contributed by atoms with Gasteiger partial charge < -0.3 is 19.3 Å². The normalized spacial score (nSPS) is 11.9. The number of amides is 2. The Morgan fingerprint density at radius 2 is 1.81 bits per heavy atom. The van der Waals surface area contributed by atoms with Crippen molar-refractivity contribution >= 4 is 11.8 Å². The number of diazo groups is 1. The summed E-state index contributed by atoms with van der Waals surface area (Å²) in [7, 11) is 3.13. The molecule has 0 spiro atoms. The second kappa shape index (κ2) is 14.2. The summed E-state index contributed by atoms with van der Waals surface area (Å²) in [6.45, 7) is 5.46. The van der Waals surface area contributed by atoms with E-state index >= 15 is 0 Å². The molecule has 0 bridgehead atoms. The van der Waals surface area contributed by atoms with E-state index in [1.807, 2.05) is 24.3 Å². The summed E-state index contributed by atoms with van der Waals surface area (Å²) in [5.41, 5.74) is 0.929. The Labute approximate surface area is 211 Å². The second-order valence-corrected chi connectivity index (χ2v) is 7.89. The monoisotopic (exact) mass is 494 g/mol. The zero-order valence-electron chi connectivity index (χ0n) is 20.8. The Morgan fingerprint density at radius 1 is 1.11 bits per heavy atom. The van der Waals surface area contributed by atoms with Crippen LogP contribution in [0.4, 0.5) is 0 Å². The van der Waals surface area contributed by atoms with E-state index in [-0.39, 0.29) is 25.5 Å². The lowest BCUT2D eigenvalue weighted by Gasteiger charge is -2.20. The van der Waals surface area contributed by atoms with Crippen LogP contribution in [0.5, 0.6) is 11.5 Å². The van der Waals surface area contributed by atoms with Gasteiger partial charge in [-0.3, -0.25) is 14.5 Å². The number of hydrogen-bond acceptors (Lipinski definition) is 7. The van der Waals surface area contributed by atoms with E-state index in [0.29, 0.717) is 29.9 Å². The van der Waals surface area contributed by atoms with Gasteiger partial charge in [0.15, 0.2) is 16.5 Å². The molecular weight excluding hydrogens is 462 g/mol. The van der Waals surface area contributed by atoms with Gasteiger partial charge in [-0.1, -0.05) is 42.5 Å². The third-order valence-corrected chi connectivity index (χ3v) is 5.52. The van der Waals surface area contributed by atoms with Gasteiger partial charge in [-0.05, 0) is 48.9 Å². The molecule has 1 N–H and O–H groups in total. The maximum Gasteiger partial charge on any atom is 0.528 e. The highest BCUT2D eigenvalue weighted by Crippen LogP contribution is 2.29. The van der Waals surface area contributed by atoms with Crippen LogP contribution in [-0.2, 0) is 27.3 Å². The smallest absolute Gasteiger partial charge is 0.493 e. The van der Waals surface area contributed by atoms with Gasteiger partial charge in [0.2, 0.25) is 11.3 Å². The summed E-state index contributed by atoms with van der Waals surface area (Å²) in [5, 5.41) is 19.3. The van der Waals surface area contributed by atoms with E-state index < -0.39 is 23.5 Å². The van der Waals surface area contributed by atoms with E-state index in [1.54, 1.807) is 51.5 Å². The quantitative estimate of drug-likeness (QED) is 0.180. The Hall–Kier alpha value is -4.32. The average Bonchev–Trinajstić information content (AvgIpc) is 2.90. The molecule has 0 aromatic heterocycles. The van der Waals surface area contributed by atoms with E-state index in [0.717, 1.165) is 10.5 Å². The first-order valence-electron chi connectivity index (χ1n) is 11.5. The SMILES string of the molecule is C=CC(CCC(=O)N(Cc1ccccc1)C(=O)/C([N+]#N)=C(\O)OCC)Cc1ccc(OC)c(OC)c1. The van der Waals surface area contributed by atoms with Crippen molar-refractivity contribution in [3.63, 3.8) is 0 Å². The first-order chi connectivity index (χ1) is 17.4. The molecule has 1 atom stereocenters. The molecule has 36 heavy (non-hydrogen) atoms. The van der Waals surface area contributed by atoms with E-state index in [9.17, 15) is 20.1 Å². The van der Waals surface area contributed by atoms with Crippen LogP contribution >= 0.6 is 0 Å². The van der Waals surface area contributed by atoms with Crippen molar-refractivity contribution in [2.45, 2.75) is 32.7 Å². The number of methoxy groups -OCH3 is 2. The summed E-state index contributed by atoms with van der Waals surface area (Å²) in [4.78, 5) is 30.1. The number of nitrogens with zero attached hydrogens (tertiary/aromatic N) is 3. The Bertz CT molecular complexity index is 1120. The fourth-order valence-electron chi connectivity index (χ4n) is 3.61. The number of aliphatic hydroxyl groups is 1. The first kappa shape index (κ1) is 27.9. The van der Waals surface area contributed by atoms with Crippen LogP contribution in [0.1, 0.15) is 30.9 Å². The molecule has 9 heteroatoms. The van der Waals surface area contributed by atoms with Crippen molar-refractivity contribution in [3.05, 3.63) is 88.9 Å². The maximum absolute atomic E-state index is 13.2. The van der Waals surface area contributed by atoms with Crippen LogP contribution in [-0.4, -0.2) is 42.6 Å². The molecule has 2 aromatic rings. The number of hydrogen-bond donors (Lipinski definition) is 1. The van der Waals surface area contributed by atoms with Gasteiger partial charge in [-0.2, -0.15) is 0 Å². The van der Waals surface area contributed by atoms with Crippen molar-refractivity contribution < 1.29 is 28.9 Å². The molecule has 1 unspecified atom stereocenters. The van der Waals surface area contributed by atoms with Gasteiger partial charge in [-0.15, -0.1) is 6.58 Å². The highest BCUT2D eigenvalue weighted by molar-refractivity contribution is 6.05. The minimum Gasteiger partial charge on any atom is -0.493 e. The molecule has 0 radical (unpaired) electrons. The highest BCUT2D eigenvalue weighted by atomic mass is 16.6. The van der Waals surface area contributed by atoms with E-state index in [1.165, 1.54) is 0 Å². The number of aliphatic hydroxyl groups excluding tert-OH is 1. The lowest BCUT2D eigenvalue weighted by molar-refractivity contribution is -0.143. The summed E-state index contributed by atoms with van der Waals surface area (Å²) in [6.07, 6.45) is 2.81. The summed E-state index contributed by atoms with van der Waals surface area (Å²) in [5.74, 6) is -1.14. The van der Waals surface area contributed by atoms with Gasteiger partial charge in [-0.25, -0.2) is 0 Å². The van der Waals surface area contributed by atoms with Crippen LogP contribution in [0.2, 0.25) is 0 Å². The summed E-state index contributed by atoms with van der Waals surface area (Å²) in [6, 6.07) is 14.5. The number of imide groups is 1. The molecule has 2 rings (SSSR count). The van der Waals surface area contributed by atoms with Crippen LogP contribution in [0.3, 0.4) is 0 Å². The summed E-state index contributed by atoms with van der Waals surface area (Å²) < 4.78 is 15.5. The van der Waals surface area contributed by atoms with Crippen molar-refractivity contribution in [2.24, 2.45) is 5.92 Å². The molecule has 0 aliphatic heterocycles. The Kier molecular flexibility index (Phi) is 11.0. The minimum absolute atomic E-state index is 0.0245. The van der Waals surface area contributed by atoms with Crippen LogP contribution in [0, 0.1) is 11.3 Å². The maximum atomic E-state index is 13.2. The van der Waals surface area contributed by atoms with Crippen molar-refractivity contribution in [3.8, 4) is 11.5 Å². The van der Waals surface area contributed by atoms with Crippen molar-refractivity contribution in [1.29, 1.82) is 5.39 Å². The lowest BCUT2D eigenvalue weighted by Crippen LogP contribution is -2.37. The molecule has 0 heterocycles. The molecule has 0 fully saturated rings. The predicted octanol–water partition coefficient (Wildman–Crippen LogP) is 5.00. The van der Waals surface area contributed by atoms with E-state index in [2.05, 4.69) is 11.6 Å². The largest absolute Gasteiger partial charge is 0.528 e. The van der Waals surface area contributed by atoms with Crippen molar-refractivity contribution in [1.82, 2.24) is 4.90 Å². The fourth-order valence-corrected chi connectivity index (χ4v) is 3.61. The molecule has 0 aliphatic carbocycles. The van der Waals surface area contributed by atoms with Gasteiger partial charge in [0.1, 0.15) is 0 Å². The lowest BCUT2D eigenvalue weighted by atomic mass is 9.94. The number of ether oxygens (including phenoxy) is 3. The average molecular weight is 495 g/mol. The Balaban J connectivity index is 2.20. The molecule has 0 saturated carbocycles. The van der Waals surface area contributed by atoms with Gasteiger partial charge in [0.05, 0.1) is 27.4 Å². The molecule has 190 valence electrons. The Morgan fingerprint density at radius 3 is 2.39 bits per heavy atom. The number of benzene rings is 2. The molecular formula is C27H32N3O6+. The molecule has 2 amide bonds. The number of carbonyl (C=O) groups excluding carboxylic acids is 2. The van der Waals surface area contributed by atoms with E-state index in [4.69, 9.17) is 14.2 Å². The molecule has 0 aliphatic rings. The van der Waals surface area contributed by atoms with Crippen LogP contribution < -0.4 is 9.47 Å². The molecule has 2 aromatic carbocycles. The van der Waals surface area contributed by atoms with Gasteiger partial charge >= 0.3 is 17.5 Å². The highest BCUT2D eigenvalue weighted by Gasteiger charge is 2.38. The standard InChI is InChI=1S/C27H31N3O6/c1-5-19(16-21-12-14-22(34-3)23(17-21)35-4)13-15-24(31)30(18-20-10-8-7-9-11-20)26(32)25(29-28)27(33)36-6-2/h5,7-12,14,17,19H,1,6,13,15-16,18H2,2-4H3/p+1. The topological polar surface area (TPSA) is 113 Å². The summed E-state index contributed by atoms with van der Waals surface area (Å²) >= 11 is 0.